The van der Waals surface area contributed by atoms with Crippen LogP contribution in [0.15, 0.2) is 116 Å². The molecule has 4 aromatic carbocycles. The summed E-state index contributed by atoms with van der Waals surface area (Å²) in [6, 6.07) is 29.9. The van der Waals surface area contributed by atoms with Crippen molar-refractivity contribution in [1.29, 1.82) is 0 Å². The highest BCUT2D eigenvalue weighted by atomic mass is 35.5. The van der Waals surface area contributed by atoms with Crippen molar-refractivity contribution in [1.82, 2.24) is 30.2 Å². The molecule has 10 rings (SSSR count). The molecule has 4 atom stereocenters. The zero-order valence-electron chi connectivity index (χ0n) is 42.0. The lowest BCUT2D eigenvalue weighted by atomic mass is 9.77. The summed E-state index contributed by atoms with van der Waals surface area (Å²) in [5.41, 5.74) is 5.34. The molecule has 4 heterocycles. The maximum Gasteiger partial charge on any atom is 0.270 e. The molecule has 386 valence electrons. The van der Waals surface area contributed by atoms with Crippen molar-refractivity contribution >= 4 is 63.9 Å². The van der Waals surface area contributed by atoms with E-state index in [1.807, 2.05) is 91.0 Å². The second-order valence-electron chi connectivity index (χ2n) is 20.9. The van der Waals surface area contributed by atoms with Gasteiger partial charge in [-0.1, -0.05) is 85.6 Å². The van der Waals surface area contributed by atoms with Gasteiger partial charge in [0.1, 0.15) is 23.5 Å². The molecule has 0 radical (unpaired) electrons. The van der Waals surface area contributed by atoms with Gasteiger partial charge in [0.05, 0.1) is 19.8 Å². The molecule has 2 aliphatic heterocycles. The quantitative estimate of drug-likeness (QED) is 0.0654. The van der Waals surface area contributed by atoms with E-state index in [4.69, 9.17) is 32.7 Å². The molecule has 4 N–H and O–H groups in total. The van der Waals surface area contributed by atoms with Gasteiger partial charge in [-0.25, -0.2) is 0 Å². The van der Waals surface area contributed by atoms with Gasteiger partial charge in [-0.2, -0.15) is 10.2 Å². The lowest BCUT2D eigenvalue weighted by Gasteiger charge is -2.33. The van der Waals surface area contributed by atoms with E-state index in [0.29, 0.717) is 57.4 Å². The number of carbonyl (C=O) groups excluding carboxylic acids is 4. The molecule has 2 aromatic heterocycles. The van der Waals surface area contributed by atoms with Gasteiger partial charge < -0.3 is 35.6 Å². The third-order valence-electron chi connectivity index (χ3n) is 15.8. The van der Waals surface area contributed by atoms with Crippen LogP contribution in [-0.4, -0.2) is 94.8 Å². The fraction of sp³-hybridized carbons (Fsp3) is 0.404. The number of nitrogens with one attached hydrogen (secondary N) is 4. The minimum absolute atomic E-state index is 0.0849. The van der Waals surface area contributed by atoms with E-state index < -0.39 is 41.1 Å². The van der Waals surface area contributed by atoms with Crippen LogP contribution in [0.1, 0.15) is 113 Å². The number of amides is 4. The number of aromatic nitrogens is 4. The van der Waals surface area contributed by atoms with E-state index in [-0.39, 0.29) is 29.5 Å². The van der Waals surface area contributed by atoms with Crippen LogP contribution in [0.3, 0.4) is 0 Å². The van der Waals surface area contributed by atoms with Gasteiger partial charge in [0.15, 0.2) is 0 Å². The number of ether oxygens (including phenoxy) is 2. The lowest BCUT2D eigenvalue weighted by molar-refractivity contribution is -0.119. The molecule has 0 bridgehead atoms. The molecular formula is C57H63Cl2N9O6. The van der Waals surface area contributed by atoms with Crippen molar-refractivity contribution in [2.24, 2.45) is 17.9 Å². The number of aryl methyl sites for hydroxylation is 1. The Balaban J connectivity index is 0.928. The summed E-state index contributed by atoms with van der Waals surface area (Å²) in [4.78, 5) is 60.6. The number of benzene rings is 4. The summed E-state index contributed by atoms with van der Waals surface area (Å²) in [5.74, 6) is -2.35. The number of halogens is 2. The SMILES string of the molecule is Cn1nccc1C(=O)N[C@H](C(=O)Nc1ccc(C2CCOCC2)cc1)[C@H](c1cccc(Cn2nccc2C(=O)N[C@H](C(=O)Nc2ccc(N3CCOCC3)cc2)C(c2ccccc2Cl)C2(C)CC2)c1Cl)C1(C)CC1. The number of morpholine rings is 1. The van der Waals surface area contributed by atoms with Gasteiger partial charge in [0.2, 0.25) is 11.8 Å². The smallest absolute Gasteiger partial charge is 0.270 e. The van der Waals surface area contributed by atoms with Gasteiger partial charge in [0.25, 0.3) is 11.8 Å². The molecular weight excluding hydrogens is 978 g/mol. The Labute approximate surface area is 441 Å². The first-order valence-corrected chi connectivity index (χ1v) is 26.4. The van der Waals surface area contributed by atoms with Crippen LogP contribution in [0, 0.1) is 10.8 Å². The van der Waals surface area contributed by atoms with Crippen LogP contribution in [0.4, 0.5) is 17.1 Å². The first-order valence-electron chi connectivity index (χ1n) is 25.6. The third-order valence-corrected chi connectivity index (χ3v) is 16.6. The van der Waals surface area contributed by atoms with Crippen LogP contribution in [0.5, 0.6) is 0 Å². The molecule has 2 saturated carbocycles. The number of nitrogens with zero attached hydrogens (tertiary/aromatic N) is 5. The number of carbonyl (C=O) groups is 4. The molecule has 2 saturated heterocycles. The fourth-order valence-electron chi connectivity index (χ4n) is 10.9. The summed E-state index contributed by atoms with van der Waals surface area (Å²) in [6.45, 7) is 8.65. The zero-order valence-corrected chi connectivity index (χ0v) is 43.5. The highest BCUT2D eigenvalue weighted by Crippen LogP contribution is 2.59. The first kappa shape index (κ1) is 51.0. The summed E-state index contributed by atoms with van der Waals surface area (Å²) in [6.07, 6.45) is 8.28. The van der Waals surface area contributed by atoms with Gasteiger partial charge >= 0.3 is 0 Å². The van der Waals surface area contributed by atoms with Gasteiger partial charge in [-0.3, -0.25) is 28.5 Å². The Morgan fingerprint density at radius 2 is 1.19 bits per heavy atom. The average molecular weight is 1040 g/mol. The van der Waals surface area contributed by atoms with Gasteiger partial charge in [-0.15, -0.1) is 0 Å². The molecule has 1 unspecified atom stereocenters. The van der Waals surface area contributed by atoms with Crippen LogP contribution in [0.25, 0.3) is 0 Å². The van der Waals surface area contributed by atoms with Crippen LogP contribution >= 0.6 is 23.2 Å². The highest BCUT2D eigenvalue weighted by Gasteiger charge is 2.53. The lowest BCUT2D eigenvalue weighted by Crippen LogP contribution is -2.50. The van der Waals surface area contributed by atoms with E-state index in [9.17, 15) is 19.2 Å². The second kappa shape index (κ2) is 21.7. The fourth-order valence-corrected chi connectivity index (χ4v) is 11.5. The number of rotatable bonds is 18. The number of anilines is 3. The highest BCUT2D eigenvalue weighted by molar-refractivity contribution is 6.32. The summed E-state index contributed by atoms with van der Waals surface area (Å²) in [7, 11) is 1.68. The molecule has 15 nitrogen and oxygen atoms in total. The minimum Gasteiger partial charge on any atom is -0.381 e. The minimum atomic E-state index is -1.05. The Hall–Kier alpha value is -6.52. The molecule has 4 aliphatic rings. The van der Waals surface area contributed by atoms with Crippen LogP contribution in [-0.2, 0) is 32.7 Å². The van der Waals surface area contributed by atoms with Crippen LogP contribution in [0.2, 0.25) is 10.0 Å². The second-order valence-corrected chi connectivity index (χ2v) is 21.6. The maximum absolute atomic E-state index is 14.8. The topological polar surface area (TPSA) is 174 Å². The summed E-state index contributed by atoms with van der Waals surface area (Å²) in [5, 5.41) is 22.2. The van der Waals surface area contributed by atoms with Crippen molar-refractivity contribution < 1.29 is 28.7 Å². The number of hydrogen-bond acceptors (Lipinski definition) is 9. The van der Waals surface area contributed by atoms with Crippen molar-refractivity contribution in [3.8, 4) is 0 Å². The van der Waals surface area contributed by atoms with Gasteiger partial charge in [0, 0.05) is 84.7 Å². The predicted octanol–water partition coefficient (Wildman–Crippen LogP) is 9.34. The molecule has 0 spiro atoms. The van der Waals surface area contributed by atoms with Crippen molar-refractivity contribution in [3.05, 3.63) is 159 Å². The Kier molecular flexibility index (Phi) is 15.0. The maximum atomic E-state index is 14.8. The summed E-state index contributed by atoms with van der Waals surface area (Å²) >= 11 is 14.4. The molecule has 17 heteroatoms. The Bertz CT molecular complexity index is 2990. The van der Waals surface area contributed by atoms with E-state index in [2.05, 4.69) is 50.2 Å². The first-order chi connectivity index (χ1) is 35.8. The molecule has 2 aliphatic carbocycles. The standard InChI is InChI=1S/C57H63Cl2N9O6/c1-56(23-24-56)47(42-8-4-5-10-44(42)58)50(54(71)63-40-15-17-41(18-16-40)67-29-33-74-34-30-67)65-53(70)46-20-28-61-68(46)35-38-7-6-9-43(49(38)59)48(57(2)25-26-57)51(64-52(69)45-19-27-60-66(45)3)55(72)62-39-13-11-36(12-14-39)37-21-31-73-32-22-37/h4-20,27-28,37,47-48,50-51H,21-26,29-35H2,1-3H3,(H,62,72)(H,63,71)(H,64,69)(H,65,70)/t47?,48-,50-,51-/m0/s1. The normalized spacial score (nSPS) is 18.6. The average Bonchev–Trinajstić information content (AvgIpc) is 4.22. The molecule has 6 aromatic rings. The van der Waals surface area contributed by atoms with E-state index in [0.717, 1.165) is 76.1 Å². The van der Waals surface area contributed by atoms with E-state index >= 15 is 0 Å². The van der Waals surface area contributed by atoms with Crippen LogP contribution < -0.4 is 26.2 Å². The Morgan fingerprint density at radius 3 is 1.78 bits per heavy atom. The predicted molar refractivity (Wildman–Crippen MR) is 286 cm³/mol. The van der Waals surface area contributed by atoms with Crippen molar-refractivity contribution in [2.75, 3.05) is 55.1 Å². The van der Waals surface area contributed by atoms with Crippen molar-refractivity contribution in [2.45, 2.75) is 88.8 Å². The Morgan fingerprint density at radius 1 is 0.649 bits per heavy atom. The summed E-state index contributed by atoms with van der Waals surface area (Å²) < 4.78 is 14.2. The molecule has 4 amide bonds. The van der Waals surface area contributed by atoms with Crippen molar-refractivity contribution in [3.63, 3.8) is 0 Å². The zero-order chi connectivity index (χ0) is 51.6. The van der Waals surface area contributed by atoms with Gasteiger partial charge in [-0.05, 0) is 132 Å². The largest absolute Gasteiger partial charge is 0.381 e. The van der Waals surface area contributed by atoms with E-state index in [1.165, 1.54) is 10.2 Å². The van der Waals surface area contributed by atoms with E-state index in [1.54, 1.807) is 36.3 Å². The molecule has 74 heavy (non-hydrogen) atoms. The number of hydrogen-bond donors (Lipinski definition) is 4. The molecule has 4 fully saturated rings. The monoisotopic (exact) mass is 1040 g/mol. The third kappa shape index (κ3) is 11.1.